The lowest BCUT2D eigenvalue weighted by atomic mass is 10.2. The van der Waals surface area contributed by atoms with E-state index in [4.69, 9.17) is 5.73 Å². The van der Waals surface area contributed by atoms with Gasteiger partial charge in [-0.2, -0.15) is 0 Å². The number of hydrogen-bond acceptors (Lipinski definition) is 1. The molecule has 0 fully saturated rings. The van der Waals surface area contributed by atoms with Gasteiger partial charge in [-0.3, -0.25) is 0 Å². The molecule has 2 heteroatoms. The molecular weight excluding hydrogens is 117 g/mol. The van der Waals surface area contributed by atoms with Gasteiger partial charge in [0.15, 0.2) is 0 Å². The van der Waals surface area contributed by atoms with E-state index in [9.17, 15) is 0 Å². The van der Waals surface area contributed by atoms with E-state index in [1.54, 1.807) is 0 Å². The normalized spacial score (nSPS) is 16.2. The number of allylic oxidation sites excluding steroid dienone is 1. The zero-order valence-electron chi connectivity index (χ0n) is 5.52. The third-order valence-corrected chi connectivity index (χ3v) is 1.51. The molecule has 0 aliphatic rings. The maximum Gasteiger partial charge on any atom is 0.0197 e. The van der Waals surface area contributed by atoms with Gasteiger partial charge in [0.25, 0.3) is 0 Å². The molecule has 0 aromatic rings. The number of nitrogens with two attached hydrogens (primary N) is 1. The van der Waals surface area contributed by atoms with E-state index in [0.717, 1.165) is 6.16 Å². The van der Waals surface area contributed by atoms with E-state index in [2.05, 4.69) is 22.2 Å². The van der Waals surface area contributed by atoms with Crippen LogP contribution < -0.4 is 5.73 Å². The minimum atomic E-state index is 0.204. The van der Waals surface area contributed by atoms with Gasteiger partial charge in [-0.25, -0.2) is 0 Å². The van der Waals surface area contributed by atoms with Crippen molar-refractivity contribution >= 4 is 9.24 Å². The average Bonchev–Trinajstić information content (AvgIpc) is 1.65. The molecule has 0 rings (SSSR count). The lowest BCUT2D eigenvalue weighted by Crippen LogP contribution is -2.11. The SMILES string of the molecule is C/C(=C\C(C)N)CP. The van der Waals surface area contributed by atoms with Crippen LogP contribution in [0.5, 0.6) is 0 Å². The zero-order chi connectivity index (χ0) is 6.57. The molecule has 0 aliphatic carbocycles. The van der Waals surface area contributed by atoms with E-state index in [-0.39, 0.29) is 6.04 Å². The minimum Gasteiger partial charge on any atom is -0.325 e. The fraction of sp³-hybridized carbons (Fsp3) is 0.667. The average molecular weight is 131 g/mol. The van der Waals surface area contributed by atoms with E-state index in [1.807, 2.05) is 6.92 Å². The highest BCUT2D eigenvalue weighted by Crippen LogP contribution is 1.97. The second kappa shape index (κ2) is 4.05. The molecule has 0 bridgehead atoms. The second-order valence-corrected chi connectivity index (χ2v) is 2.48. The Morgan fingerprint density at radius 1 is 1.88 bits per heavy atom. The Balaban J connectivity index is 3.56. The molecule has 2 unspecified atom stereocenters. The third kappa shape index (κ3) is 4.29. The molecule has 2 atom stereocenters. The first-order valence-electron chi connectivity index (χ1n) is 2.79. The monoisotopic (exact) mass is 131 g/mol. The summed E-state index contributed by atoms with van der Waals surface area (Å²) in [4.78, 5) is 0. The van der Waals surface area contributed by atoms with Crippen LogP contribution in [0, 0.1) is 0 Å². The fourth-order valence-corrected chi connectivity index (χ4v) is 0.653. The Kier molecular flexibility index (Phi) is 4.12. The highest BCUT2D eigenvalue weighted by Gasteiger charge is 1.86. The Labute approximate surface area is 53.5 Å². The van der Waals surface area contributed by atoms with Gasteiger partial charge in [0, 0.05) is 6.04 Å². The summed E-state index contributed by atoms with van der Waals surface area (Å²) in [6.07, 6.45) is 3.09. The Morgan fingerprint density at radius 3 is 2.50 bits per heavy atom. The molecule has 0 aromatic carbocycles. The van der Waals surface area contributed by atoms with Crippen LogP contribution in [0.15, 0.2) is 11.6 Å². The summed E-state index contributed by atoms with van der Waals surface area (Å²) in [6.45, 7) is 4.06. The Morgan fingerprint density at radius 2 is 2.38 bits per heavy atom. The van der Waals surface area contributed by atoms with Crippen LogP contribution in [-0.4, -0.2) is 12.2 Å². The predicted molar refractivity (Wildman–Crippen MR) is 42.0 cm³/mol. The number of rotatable bonds is 2. The van der Waals surface area contributed by atoms with Crippen molar-refractivity contribution in [1.29, 1.82) is 0 Å². The highest BCUT2D eigenvalue weighted by atomic mass is 31.0. The van der Waals surface area contributed by atoms with Crippen molar-refractivity contribution in [2.45, 2.75) is 19.9 Å². The molecule has 0 aliphatic heterocycles. The van der Waals surface area contributed by atoms with Crippen molar-refractivity contribution in [3.05, 3.63) is 11.6 Å². The van der Waals surface area contributed by atoms with Crippen molar-refractivity contribution in [3.63, 3.8) is 0 Å². The molecule has 48 valence electrons. The standard InChI is InChI=1S/C6H14NP/c1-5(4-8)3-6(2)7/h3,6H,4,7-8H2,1-2H3/b5-3+. The van der Waals surface area contributed by atoms with Gasteiger partial charge >= 0.3 is 0 Å². The largest absolute Gasteiger partial charge is 0.325 e. The first-order valence-corrected chi connectivity index (χ1v) is 3.61. The molecule has 0 heterocycles. The molecule has 8 heavy (non-hydrogen) atoms. The number of hydrogen-bond donors (Lipinski definition) is 1. The van der Waals surface area contributed by atoms with Gasteiger partial charge in [0.2, 0.25) is 0 Å². The van der Waals surface area contributed by atoms with Crippen molar-refractivity contribution in [1.82, 2.24) is 0 Å². The molecule has 0 aromatic heterocycles. The predicted octanol–water partition coefficient (Wildman–Crippen LogP) is 1.15. The van der Waals surface area contributed by atoms with Crippen LogP contribution in [0.2, 0.25) is 0 Å². The molecular formula is C6H14NP. The van der Waals surface area contributed by atoms with E-state index in [1.165, 1.54) is 5.57 Å². The lowest BCUT2D eigenvalue weighted by molar-refractivity contribution is 0.914. The Hall–Kier alpha value is 0.130. The van der Waals surface area contributed by atoms with Crippen molar-refractivity contribution < 1.29 is 0 Å². The van der Waals surface area contributed by atoms with Gasteiger partial charge in [0.1, 0.15) is 0 Å². The quantitative estimate of drug-likeness (QED) is 0.441. The maximum absolute atomic E-state index is 5.48. The molecule has 2 N–H and O–H groups in total. The van der Waals surface area contributed by atoms with Gasteiger partial charge in [0.05, 0.1) is 0 Å². The summed E-state index contributed by atoms with van der Waals surface area (Å²) < 4.78 is 0. The lowest BCUT2D eigenvalue weighted by Gasteiger charge is -1.97. The molecule has 0 saturated heterocycles. The van der Waals surface area contributed by atoms with Crippen molar-refractivity contribution in [3.8, 4) is 0 Å². The highest BCUT2D eigenvalue weighted by molar-refractivity contribution is 7.16. The fourth-order valence-electron chi connectivity index (χ4n) is 0.517. The third-order valence-electron chi connectivity index (χ3n) is 0.869. The summed E-state index contributed by atoms with van der Waals surface area (Å²) in [5.41, 5.74) is 6.82. The smallest absolute Gasteiger partial charge is 0.0197 e. The summed E-state index contributed by atoms with van der Waals surface area (Å²) in [5, 5.41) is 0. The zero-order valence-corrected chi connectivity index (χ0v) is 6.67. The van der Waals surface area contributed by atoms with E-state index < -0.39 is 0 Å². The molecule has 0 saturated carbocycles. The topological polar surface area (TPSA) is 26.0 Å². The van der Waals surface area contributed by atoms with Gasteiger partial charge < -0.3 is 5.73 Å². The second-order valence-electron chi connectivity index (χ2n) is 2.08. The summed E-state index contributed by atoms with van der Waals surface area (Å²) in [7, 11) is 2.66. The molecule has 0 radical (unpaired) electrons. The van der Waals surface area contributed by atoms with Crippen molar-refractivity contribution in [2.75, 3.05) is 6.16 Å². The maximum atomic E-state index is 5.48. The minimum absolute atomic E-state index is 0.204. The first-order chi connectivity index (χ1) is 3.66. The van der Waals surface area contributed by atoms with Crippen LogP contribution in [0.3, 0.4) is 0 Å². The van der Waals surface area contributed by atoms with Crippen molar-refractivity contribution in [2.24, 2.45) is 5.73 Å². The molecule has 0 spiro atoms. The molecule has 1 nitrogen and oxygen atoms in total. The van der Waals surface area contributed by atoms with Crippen LogP contribution in [-0.2, 0) is 0 Å². The van der Waals surface area contributed by atoms with Crippen LogP contribution in [0.4, 0.5) is 0 Å². The molecule has 0 amide bonds. The first kappa shape index (κ1) is 8.13. The van der Waals surface area contributed by atoms with Gasteiger partial charge in [-0.1, -0.05) is 11.6 Å². The van der Waals surface area contributed by atoms with Crippen LogP contribution >= 0.6 is 9.24 Å². The van der Waals surface area contributed by atoms with E-state index in [0.29, 0.717) is 0 Å². The van der Waals surface area contributed by atoms with Crippen LogP contribution in [0.25, 0.3) is 0 Å². The van der Waals surface area contributed by atoms with E-state index >= 15 is 0 Å². The van der Waals surface area contributed by atoms with Gasteiger partial charge in [-0.05, 0) is 20.0 Å². The Bertz CT molecular complexity index is 86.5. The summed E-state index contributed by atoms with van der Waals surface area (Å²) >= 11 is 0. The van der Waals surface area contributed by atoms with Gasteiger partial charge in [-0.15, -0.1) is 9.24 Å². The van der Waals surface area contributed by atoms with Crippen LogP contribution in [0.1, 0.15) is 13.8 Å². The summed E-state index contributed by atoms with van der Waals surface area (Å²) in [6, 6.07) is 0.204. The summed E-state index contributed by atoms with van der Waals surface area (Å²) in [5.74, 6) is 0.